The summed E-state index contributed by atoms with van der Waals surface area (Å²) in [6.07, 6.45) is 6.27. The first kappa shape index (κ1) is 7.79. The quantitative estimate of drug-likeness (QED) is 0.738. The van der Waals surface area contributed by atoms with Crippen molar-refractivity contribution in [1.29, 1.82) is 0 Å². The Labute approximate surface area is 82.0 Å². The topological polar surface area (TPSA) is 44.8 Å². The number of hydrogen-bond donors (Lipinski definition) is 1. The highest BCUT2D eigenvalue weighted by Gasteiger charge is 2.14. The molecule has 3 heterocycles. The summed E-state index contributed by atoms with van der Waals surface area (Å²) in [5, 5.41) is 0. The molecule has 72 valence electrons. The smallest absolute Gasteiger partial charge is 0.156 e. The summed E-state index contributed by atoms with van der Waals surface area (Å²) in [7, 11) is 0. The van der Waals surface area contributed by atoms with Crippen LogP contribution in [0.25, 0.3) is 11.2 Å². The van der Waals surface area contributed by atoms with Gasteiger partial charge in [-0.3, -0.25) is 0 Å². The minimum atomic E-state index is 0.868. The number of rotatable bonds is 1. The number of H-pyrrole nitrogens is 1. The van der Waals surface area contributed by atoms with E-state index in [4.69, 9.17) is 0 Å². The third-order valence-electron chi connectivity index (χ3n) is 2.68. The van der Waals surface area contributed by atoms with Crippen LogP contribution in [0.5, 0.6) is 0 Å². The molecule has 2 aromatic rings. The average molecular weight is 188 g/mol. The Morgan fingerprint density at radius 1 is 1.29 bits per heavy atom. The number of anilines is 1. The van der Waals surface area contributed by atoms with E-state index in [0.717, 1.165) is 30.1 Å². The highest BCUT2D eigenvalue weighted by Crippen LogP contribution is 2.18. The minimum Gasteiger partial charge on any atom is -0.355 e. The molecule has 4 heteroatoms. The van der Waals surface area contributed by atoms with Crippen LogP contribution in [0.4, 0.5) is 5.82 Å². The van der Waals surface area contributed by atoms with E-state index in [0.29, 0.717) is 0 Å². The average Bonchev–Trinajstić information content (AvgIpc) is 2.88. The summed E-state index contributed by atoms with van der Waals surface area (Å²) >= 11 is 0. The van der Waals surface area contributed by atoms with Gasteiger partial charge in [0.1, 0.15) is 11.3 Å². The van der Waals surface area contributed by atoms with Crippen LogP contribution in [0.1, 0.15) is 12.8 Å². The second kappa shape index (κ2) is 2.97. The molecule has 14 heavy (non-hydrogen) atoms. The van der Waals surface area contributed by atoms with Crippen molar-refractivity contribution in [1.82, 2.24) is 15.0 Å². The van der Waals surface area contributed by atoms with Gasteiger partial charge in [-0.05, 0) is 18.9 Å². The molecule has 1 aliphatic heterocycles. The lowest BCUT2D eigenvalue weighted by molar-refractivity contribution is 0.936. The standard InChI is InChI=1S/C10H12N4/c1-2-6-14(5-1)9-7-12-10-8(13-9)3-4-11-10/h3-4,7H,1-2,5-6H2,(H,11,12). The largest absolute Gasteiger partial charge is 0.355 e. The highest BCUT2D eigenvalue weighted by atomic mass is 15.2. The van der Waals surface area contributed by atoms with Crippen molar-refractivity contribution in [3.63, 3.8) is 0 Å². The zero-order valence-corrected chi connectivity index (χ0v) is 7.90. The fourth-order valence-corrected chi connectivity index (χ4v) is 1.92. The first-order valence-corrected chi connectivity index (χ1v) is 4.98. The number of aromatic amines is 1. The third-order valence-corrected chi connectivity index (χ3v) is 2.68. The Morgan fingerprint density at radius 2 is 2.14 bits per heavy atom. The molecule has 0 spiro atoms. The summed E-state index contributed by atoms with van der Waals surface area (Å²) in [4.78, 5) is 14.2. The predicted octanol–water partition coefficient (Wildman–Crippen LogP) is 1.56. The number of fused-ring (bicyclic) bond motifs is 1. The van der Waals surface area contributed by atoms with Crippen LogP contribution < -0.4 is 4.90 Å². The Morgan fingerprint density at radius 3 is 3.00 bits per heavy atom. The van der Waals surface area contributed by atoms with Crippen molar-refractivity contribution in [2.24, 2.45) is 0 Å². The fourth-order valence-electron chi connectivity index (χ4n) is 1.92. The Bertz CT molecular complexity index is 442. The van der Waals surface area contributed by atoms with Gasteiger partial charge in [0.05, 0.1) is 6.20 Å². The first-order valence-electron chi connectivity index (χ1n) is 4.98. The highest BCUT2D eigenvalue weighted by molar-refractivity contribution is 5.72. The number of hydrogen-bond acceptors (Lipinski definition) is 3. The molecule has 0 unspecified atom stereocenters. The lowest BCUT2D eigenvalue weighted by Gasteiger charge is -2.15. The zero-order valence-electron chi connectivity index (χ0n) is 7.90. The van der Waals surface area contributed by atoms with Crippen LogP contribution in [-0.4, -0.2) is 28.0 Å². The van der Waals surface area contributed by atoms with Gasteiger partial charge in [0, 0.05) is 19.3 Å². The monoisotopic (exact) mass is 188 g/mol. The molecular formula is C10H12N4. The molecule has 0 bridgehead atoms. The number of nitrogens with one attached hydrogen (secondary N) is 1. The molecular weight excluding hydrogens is 176 g/mol. The summed E-state index contributed by atoms with van der Waals surface area (Å²) in [6, 6.07) is 1.96. The van der Waals surface area contributed by atoms with Crippen LogP contribution in [-0.2, 0) is 0 Å². The molecule has 2 aromatic heterocycles. The summed E-state index contributed by atoms with van der Waals surface area (Å²) in [5.74, 6) is 1.01. The Hall–Kier alpha value is -1.58. The molecule has 0 atom stereocenters. The van der Waals surface area contributed by atoms with Crippen LogP contribution in [0.15, 0.2) is 18.5 Å². The van der Waals surface area contributed by atoms with Gasteiger partial charge in [-0.15, -0.1) is 0 Å². The van der Waals surface area contributed by atoms with E-state index in [1.54, 1.807) is 0 Å². The van der Waals surface area contributed by atoms with Gasteiger partial charge in [0.25, 0.3) is 0 Å². The number of aromatic nitrogens is 3. The summed E-state index contributed by atoms with van der Waals surface area (Å²) in [5.41, 5.74) is 1.82. The maximum absolute atomic E-state index is 4.55. The maximum Gasteiger partial charge on any atom is 0.156 e. The van der Waals surface area contributed by atoms with Crippen molar-refractivity contribution >= 4 is 17.0 Å². The van der Waals surface area contributed by atoms with E-state index in [1.807, 2.05) is 18.5 Å². The molecule has 1 saturated heterocycles. The SMILES string of the molecule is c1cc2nc(N3CCCC3)cnc2[nH]1. The molecule has 0 aromatic carbocycles. The fraction of sp³-hybridized carbons (Fsp3) is 0.400. The van der Waals surface area contributed by atoms with Crippen molar-refractivity contribution in [2.45, 2.75) is 12.8 Å². The van der Waals surface area contributed by atoms with Crippen LogP contribution in [0.3, 0.4) is 0 Å². The van der Waals surface area contributed by atoms with E-state index in [2.05, 4.69) is 19.9 Å². The molecule has 1 N–H and O–H groups in total. The van der Waals surface area contributed by atoms with Gasteiger partial charge in [-0.1, -0.05) is 0 Å². The lowest BCUT2D eigenvalue weighted by Crippen LogP contribution is -2.18. The minimum absolute atomic E-state index is 0.868. The van der Waals surface area contributed by atoms with Gasteiger partial charge >= 0.3 is 0 Å². The van der Waals surface area contributed by atoms with Crippen LogP contribution in [0, 0.1) is 0 Å². The van der Waals surface area contributed by atoms with Gasteiger partial charge < -0.3 is 9.88 Å². The zero-order chi connectivity index (χ0) is 9.38. The molecule has 3 rings (SSSR count). The lowest BCUT2D eigenvalue weighted by atomic mass is 10.4. The van der Waals surface area contributed by atoms with Crippen LogP contribution in [0.2, 0.25) is 0 Å². The molecule has 0 saturated carbocycles. The third kappa shape index (κ3) is 1.14. The van der Waals surface area contributed by atoms with E-state index < -0.39 is 0 Å². The van der Waals surface area contributed by atoms with Crippen molar-refractivity contribution in [3.05, 3.63) is 18.5 Å². The van der Waals surface area contributed by atoms with Gasteiger partial charge in [-0.2, -0.15) is 0 Å². The second-order valence-electron chi connectivity index (χ2n) is 3.63. The molecule has 0 radical (unpaired) electrons. The van der Waals surface area contributed by atoms with Crippen molar-refractivity contribution in [2.75, 3.05) is 18.0 Å². The second-order valence-corrected chi connectivity index (χ2v) is 3.63. The normalized spacial score (nSPS) is 16.7. The molecule has 0 aliphatic carbocycles. The Kier molecular flexibility index (Phi) is 1.65. The molecule has 0 amide bonds. The first-order chi connectivity index (χ1) is 6.93. The Balaban J connectivity index is 2.04. The molecule has 4 nitrogen and oxygen atoms in total. The van der Waals surface area contributed by atoms with Gasteiger partial charge in [-0.25, -0.2) is 9.97 Å². The van der Waals surface area contributed by atoms with E-state index >= 15 is 0 Å². The van der Waals surface area contributed by atoms with E-state index in [9.17, 15) is 0 Å². The summed E-state index contributed by atoms with van der Waals surface area (Å²) in [6.45, 7) is 2.23. The van der Waals surface area contributed by atoms with Crippen LogP contribution >= 0.6 is 0 Å². The molecule has 1 fully saturated rings. The maximum atomic E-state index is 4.55. The van der Waals surface area contributed by atoms with Gasteiger partial charge in [0.15, 0.2) is 5.65 Å². The van der Waals surface area contributed by atoms with E-state index in [-0.39, 0.29) is 0 Å². The number of nitrogens with zero attached hydrogens (tertiary/aromatic N) is 3. The van der Waals surface area contributed by atoms with Gasteiger partial charge in [0.2, 0.25) is 0 Å². The summed E-state index contributed by atoms with van der Waals surface area (Å²) < 4.78 is 0. The van der Waals surface area contributed by atoms with E-state index in [1.165, 1.54) is 12.8 Å². The molecule has 1 aliphatic rings. The predicted molar refractivity (Wildman–Crippen MR) is 55.3 cm³/mol. The van der Waals surface area contributed by atoms with Crippen molar-refractivity contribution in [3.8, 4) is 0 Å². The van der Waals surface area contributed by atoms with Crippen molar-refractivity contribution < 1.29 is 0 Å².